The van der Waals surface area contributed by atoms with Crippen LogP contribution >= 0.6 is 11.3 Å². The summed E-state index contributed by atoms with van der Waals surface area (Å²) in [5, 5.41) is 32.3. The largest absolute Gasteiger partial charge is 0.477 e. The number of hydrogen-bond donors (Lipinski definition) is 4. The molecule has 50 heavy (non-hydrogen) atoms. The first-order valence-electron chi connectivity index (χ1n) is 18.9. The molecule has 9 unspecified atom stereocenters. The van der Waals surface area contributed by atoms with E-state index in [0.29, 0.717) is 34.4 Å². The Hall–Kier alpha value is -2.81. The number of thiazole rings is 1. The molecule has 4 saturated carbocycles. The molecule has 0 spiro atoms. The van der Waals surface area contributed by atoms with E-state index in [1.54, 1.807) is 0 Å². The second kappa shape index (κ2) is 12.1. The number of carboxylic acid groups (broad SMARTS) is 1. The molecule has 2 aromatic rings. The lowest BCUT2D eigenvalue weighted by Gasteiger charge is -2.73. The number of hydrogen-bond acceptors (Lipinski definition) is 6. The van der Waals surface area contributed by atoms with Gasteiger partial charge >= 0.3 is 5.97 Å². The molecular weight excluding hydrogens is 645 g/mol. The van der Waals surface area contributed by atoms with Crippen LogP contribution in [0.2, 0.25) is 0 Å². The van der Waals surface area contributed by atoms with Gasteiger partial charge in [0.15, 0.2) is 11.4 Å². The fraction of sp³-hybridized carbons (Fsp3) is 0.643. The number of nitrogens with zero attached hydrogens (tertiary/aromatic N) is 1. The third kappa shape index (κ3) is 4.90. The van der Waals surface area contributed by atoms with Crippen molar-refractivity contribution < 1.29 is 24.9 Å². The number of carboxylic acids is 1. The third-order valence-corrected chi connectivity index (χ3v) is 16.7. The molecule has 0 radical (unpaired) electrons. The van der Waals surface area contributed by atoms with Crippen LogP contribution in [0.4, 0.5) is 5.13 Å². The van der Waals surface area contributed by atoms with Gasteiger partial charge in [-0.3, -0.25) is 4.79 Å². The van der Waals surface area contributed by atoms with Crippen molar-refractivity contribution in [2.75, 3.05) is 5.32 Å². The topological polar surface area (TPSA) is 120 Å². The lowest BCUT2D eigenvalue weighted by Crippen LogP contribution is -2.66. The standard InChI is InChI=1S/C42H56N2O5S/c1-8-42-22-21-41(36(49)44-37-43-23-30(50-37)35(47)48)20-15-27(24(2)3)33(41)29(42)13-14-32-39(6)18-16-28(25-9-11-26(12-10-25)34(45)46)38(4,5)31(39)17-19-40(32,42)7/h9-12,16,23,27,29,31-34,45-46H,2,8,13-15,17-22H2,1,3-7H3,(H,47,48)(H,43,44,49). The van der Waals surface area contributed by atoms with Crippen LogP contribution in [-0.2, 0) is 4.79 Å². The van der Waals surface area contributed by atoms with E-state index in [-0.39, 0.29) is 38.4 Å². The van der Waals surface area contributed by atoms with Gasteiger partial charge in [0.05, 0.1) is 11.6 Å². The van der Waals surface area contributed by atoms with Crippen LogP contribution in [0, 0.1) is 56.7 Å². The van der Waals surface area contributed by atoms with Gasteiger partial charge < -0.3 is 20.6 Å². The van der Waals surface area contributed by atoms with Crippen molar-refractivity contribution in [2.24, 2.45) is 56.7 Å². The maximum Gasteiger partial charge on any atom is 0.347 e. The quantitative estimate of drug-likeness (QED) is 0.169. The number of aliphatic hydroxyl groups is 2. The van der Waals surface area contributed by atoms with Gasteiger partial charge in [-0.2, -0.15) is 0 Å². The lowest BCUT2D eigenvalue weighted by molar-refractivity contribution is -0.232. The molecule has 1 aromatic heterocycles. The number of aromatic carboxylic acids is 1. The number of anilines is 1. The summed E-state index contributed by atoms with van der Waals surface area (Å²) in [5.41, 5.74) is 4.15. The Morgan fingerprint density at radius 3 is 2.34 bits per heavy atom. The van der Waals surface area contributed by atoms with Crippen LogP contribution in [0.15, 0.2) is 48.7 Å². The molecule has 7 rings (SSSR count). The Kier molecular flexibility index (Phi) is 8.63. The molecule has 0 bridgehead atoms. The zero-order chi connectivity index (χ0) is 36.0. The molecule has 1 amide bonds. The predicted octanol–water partition coefficient (Wildman–Crippen LogP) is 9.50. The minimum atomic E-state index is -1.46. The SMILES string of the molecule is C=C(C)C1CCC2(C(=O)Nc3ncc(C(=O)O)s3)CCC3(CC)C(CCC4C5(C)CC=C(c6ccc(C(O)O)cc6)C(C)(C)C5CCC43C)C12. The average Bonchev–Trinajstić information content (AvgIpc) is 3.70. The zero-order valence-corrected chi connectivity index (χ0v) is 31.5. The molecule has 4 fully saturated rings. The summed E-state index contributed by atoms with van der Waals surface area (Å²) in [6.45, 7) is 19.2. The molecule has 5 aliphatic rings. The first-order chi connectivity index (χ1) is 23.6. The highest BCUT2D eigenvalue weighted by atomic mass is 32.1. The normalized spacial score (nSPS) is 38.7. The molecule has 270 valence electrons. The van der Waals surface area contributed by atoms with Gasteiger partial charge in [-0.25, -0.2) is 9.78 Å². The van der Waals surface area contributed by atoms with Crippen molar-refractivity contribution >= 4 is 33.9 Å². The van der Waals surface area contributed by atoms with Gasteiger partial charge in [-0.15, -0.1) is 0 Å². The summed E-state index contributed by atoms with van der Waals surface area (Å²) >= 11 is 1.04. The monoisotopic (exact) mass is 700 g/mol. The lowest BCUT2D eigenvalue weighted by atomic mass is 9.31. The second-order valence-corrected chi connectivity index (χ2v) is 18.8. The van der Waals surface area contributed by atoms with Gasteiger partial charge in [-0.1, -0.05) is 88.4 Å². The predicted molar refractivity (Wildman–Crippen MR) is 198 cm³/mol. The summed E-state index contributed by atoms with van der Waals surface area (Å²) in [7, 11) is 0. The van der Waals surface area contributed by atoms with Gasteiger partial charge in [0.25, 0.3) is 0 Å². The molecule has 1 aromatic carbocycles. The third-order valence-electron chi connectivity index (χ3n) is 15.8. The number of benzene rings is 1. The number of allylic oxidation sites excluding steroid dienone is 3. The maximum atomic E-state index is 14.5. The van der Waals surface area contributed by atoms with Crippen molar-refractivity contribution in [3.63, 3.8) is 0 Å². The average molecular weight is 701 g/mol. The van der Waals surface area contributed by atoms with Gasteiger partial charge in [0.2, 0.25) is 5.91 Å². The number of carbonyl (C=O) groups is 2. The van der Waals surface area contributed by atoms with Crippen molar-refractivity contribution in [1.82, 2.24) is 4.98 Å². The first kappa shape index (κ1) is 35.6. The number of amides is 1. The maximum absolute atomic E-state index is 14.5. The number of aromatic nitrogens is 1. The van der Waals surface area contributed by atoms with Gasteiger partial charge in [0.1, 0.15) is 4.88 Å². The van der Waals surface area contributed by atoms with Gasteiger partial charge in [0, 0.05) is 5.56 Å². The van der Waals surface area contributed by atoms with E-state index < -0.39 is 17.7 Å². The van der Waals surface area contributed by atoms with Crippen LogP contribution in [-0.4, -0.2) is 32.2 Å². The highest BCUT2D eigenvalue weighted by Gasteiger charge is 2.72. The second-order valence-electron chi connectivity index (χ2n) is 17.8. The fourth-order valence-corrected chi connectivity index (χ4v) is 14.4. The van der Waals surface area contributed by atoms with Crippen molar-refractivity contribution in [3.8, 4) is 0 Å². The van der Waals surface area contributed by atoms with Crippen LogP contribution in [0.5, 0.6) is 0 Å². The highest BCUT2D eigenvalue weighted by molar-refractivity contribution is 7.17. The Labute approximate surface area is 301 Å². The molecule has 7 nitrogen and oxygen atoms in total. The molecule has 4 N–H and O–H groups in total. The Morgan fingerprint density at radius 1 is 1.00 bits per heavy atom. The number of carbonyl (C=O) groups excluding carboxylic acids is 1. The molecular formula is C42H56N2O5S. The van der Waals surface area contributed by atoms with Crippen LogP contribution in [0.3, 0.4) is 0 Å². The molecule has 0 saturated heterocycles. The van der Waals surface area contributed by atoms with Crippen molar-refractivity contribution in [1.29, 1.82) is 0 Å². The van der Waals surface area contributed by atoms with E-state index in [1.165, 1.54) is 42.2 Å². The van der Waals surface area contributed by atoms with E-state index in [1.807, 2.05) is 12.1 Å². The molecule has 8 heteroatoms. The van der Waals surface area contributed by atoms with Crippen LogP contribution < -0.4 is 5.32 Å². The number of fused-ring (bicyclic) bond motifs is 7. The van der Waals surface area contributed by atoms with Gasteiger partial charge in [-0.05, 0) is 134 Å². The number of rotatable bonds is 7. The summed E-state index contributed by atoms with van der Waals surface area (Å²) in [6.07, 6.45) is 12.9. The van der Waals surface area contributed by atoms with E-state index in [4.69, 9.17) is 0 Å². The summed E-state index contributed by atoms with van der Waals surface area (Å²) in [4.78, 5) is 30.5. The van der Waals surface area contributed by atoms with Crippen molar-refractivity contribution in [3.05, 3.63) is 64.7 Å². The first-order valence-corrected chi connectivity index (χ1v) is 19.7. The zero-order valence-electron chi connectivity index (χ0n) is 30.7. The van der Waals surface area contributed by atoms with Crippen molar-refractivity contribution in [2.45, 2.75) is 112 Å². The smallest absolute Gasteiger partial charge is 0.347 e. The Balaban J connectivity index is 1.23. The summed E-state index contributed by atoms with van der Waals surface area (Å²) in [5.74, 6) is 1.04. The molecule has 1 heterocycles. The molecule has 5 aliphatic carbocycles. The van der Waals surface area contributed by atoms with E-state index >= 15 is 0 Å². The van der Waals surface area contributed by atoms with E-state index in [0.717, 1.165) is 56.3 Å². The Morgan fingerprint density at radius 2 is 1.72 bits per heavy atom. The van der Waals surface area contributed by atoms with E-state index in [9.17, 15) is 24.9 Å². The van der Waals surface area contributed by atoms with E-state index in [2.05, 4.69) is 76.6 Å². The van der Waals surface area contributed by atoms with Crippen LogP contribution in [0.25, 0.3) is 5.57 Å². The number of aliphatic hydroxyl groups excluding tert-OH is 1. The minimum absolute atomic E-state index is 0.0263. The molecule has 0 aliphatic heterocycles. The minimum Gasteiger partial charge on any atom is -0.477 e. The fourth-order valence-electron chi connectivity index (χ4n) is 13.7. The van der Waals surface area contributed by atoms with Crippen LogP contribution in [0.1, 0.15) is 133 Å². The highest BCUT2D eigenvalue weighted by Crippen LogP contribution is 2.78. The number of nitrogens with one attached hydrogen (secondary N) is 1. The Bertz CT molecular complexity index is 1730. The summed E-state index contributed by atoms with van der Waals surface area (Å²) < 4.78 is 0. The molecule has 9 atom stereocenters. The summed E-state index contributed by atoms with van der Waals surface area (Å²) in [6, 6.07) is 7.78.